The average molecular weight is 478 g/mol. The number of hydrogen-bond acceptors (Lipinski definition) is 3. The van der Waals surface area contributed by atoms with Gasteiger partial charge in [0.05, 0.1) is 11.4 Å². The lowest BCUT2D eigenvalue weighted by Crippen LogP contribution is -2.36. The quantitative estimate of drug-likeness (QED) is 0.250. The summed E-state index contributed by atoms with van der Waals surface area (Å²) in [6.07, 6.45) is 3.97. The van der Waals surface area contributed by atoms with E-state index in [4.69, 9.17) is 4.98 Å². The van der Waals surface area contributed by atoms with Crippen molar-refractivity contribution in [2.24, 2.45) is 0 Å². The third-order valence-electron chi connectivity index (χ3n) is 8.53. The Balaban J connectivity index is 1.42. The number of nitrogens with zero attached hydrogens (tertiary/aromatic N) is 3. The molecule has 8 rings (SSSR count). The van der Waals surface area contributed by atoms with Crippen molar-refractivity contribution in [2.45, 2.75) is 32.9 Å². The maximum absolute atomic E-state index is 4.98. The van der Waals surface area contributed by atoms with E-state index in [2.05, 4.69) is 115 Å². The van der Waals surface area contributed by atoms with Crippen molar-refractivity contribution < 1.29 is 0 Å². The molecule has 0 amide bonds. The molecule has 3 heteroatoms. The Hall–Kier alpha value is -4.37. The molecule has 1 aromatic heterocycles. The van der Waals surface area contributed by atoms with Gasteiger partial charge in [-0.1, -0.05) is 66.7 Å². The van der Waals surface area contributed by atoms with Crippen LogP contribution in [-0.4, -0.2) is 11.1 Å². The van der Waals surface area contributed by atoms with Crippen molar-refractivity contribution in [3.63, 3.8) is 0 Å². The highest BCUT2D eigenvalue weighted by molar-refractivity contribution is 6.01. The van der Waals surface area contributed by atoms with Gasteiger partial charge in [-0.2, -0.15) is 0 Å². The zero-order valence-corrected chi connectivity index (χ0v) is 21.1. The molecule has 0 bridgehead atoms. The summed E-state index contributed by atoms with van der Waals surface area (Å²) in [5.74, 6) is 1.04. The predicted molar refractivity (Wildman–Crippen MR) is 152 cm³/mol. The number of pyridine rings is 1. The number of anilines is 4. The van der Waals surface area contributed by atoms with Crippen LogP contribution in [0.5, 0.6) is 0 Å². The Kier molecular flexibility index (Phi) is 4.25. The topological polar surface area (TPSA) is 19.4 Å². The molecule has 0 radical (unpaired) electrons. The number of benzene rings is 4. The van der Waals surface area contributed by atoms with Gasteiger partial charge in [0.2, 0.25) is 0 Å². The second-order valence-electron chi connectivity index (χ2n) is 10.4. The number of fused-ring (bicyclic) bond motifs is 8. The molecule has 0 unspecified atom stereocenters. The molecule has 1 aliphatic heterocycles. The summed E-state index contributed by atoms with van der Waals surface area (Å²) >= 11 is 0. The van der Waals surface area contributed by atoms with Gasteiger partial charge in [0.1, 0.15) is 6.17 Å². The lowest BCUT2D eigenvalue weighted by molar-refractivity contribution is 0.752. The van der Waals surface area contributed by atoms with Gasteiger partial charge in [0.25, 0.3) is 0 Å². The maximum atomic E-state index is 4.98. The van der Waals surface area contributed by atoms with E-state index in [0.29, 0.717) is 0 Å². The van der Waals surface area contributed by atoms with Crippen LogP contribution in [0.1, 0.15) is 34.7 Å². The fraction of sp³-hybridized carbons (Fsp3) is 0.147. The molecular weight excluding hydrogens is 450 g/mol. The lowest BCUT2D eigenvalue weighted by atomic mass is 9.89. The largest absolute Gasteiger partial charge is 0.317 e. The van der Waals surface area contributed by atoms with E-state index in [-0.39, 0.29) is 6.17 Å². The van der Waals surface area contributed by atoms with Gasteiger partial charge in [0, 0.05) is 18.3 Å². The molecule has 1 atom stereocenters. The number of rotatable bonds is 2. The Labute approximate surface area is 217 Å². The van der Waals surface area contributed by atoms with Crippen molar-refractivity contribution in [3.8, 4) is 22.3 Å². The van der Waals surface area contributed by atoms with Gasteiger partial charge < -0.3 is 9.80 Å². The highest BCUT2D eigenvalue weighted by atomic mass is 15.4. The number of para-hydroxylation sites is 1. The van der Waals surface area contributed by atoms with Crippen LogP contribution in [0.4, 0.5) is 22.9 Å². The number of aromatic nitrogens is 1. The van der Waals surface area contributed by atoms with Crippen molar-refractivity contribution in [1.29, 1.82) is 0 Å². The smallest absolute Gasteiger partial charge is 0.158 e. The molecule has 2 aliphatic carbocycles. The first-order chi connectivity index (χ1) is 18.2. The predicted octanol–water partition coefficient (Wildman–Crippen LogP) is 8.17. The Morgan fingerprint density at radius 3 is 2.03 bits per heavy atom. The molecule has 0 N–H and O–H groups in total. The van der Waals surface area contributed by atoms with E-state index in [0.717, 1.165) is 24.3 Å². The van der Waals surface area contributed by atoms with Crippen LogP contribution in [0.25, 0.3) is 22.3 Å². The Morgan fingerprint density at radius 1 is 0.676 bits per heavy atom. The van der Waals surface area contributed by atoms with Gasteiger partial charge in [0.15, 0.2) is 5.82 Å². The summed E-state index contributed by atoms with van der Waals surface area (Å²) < 4.78 is 0. The molecule has 5 aromatic rings. The highest BCUT2D eigenvalue weighted by Crippen LogP contribution is 2.57. The van der Waals surface area contributed by atoms with Crippen LogP contribution < -0.4 is 9.80 Å². The molecule has 4 aromatic carbocycles. The highest BCUT2D eigenvalue weighted by Gasteiger charge is 2.41. The second kappa shape index (κ2) is 7.57. The minimum atomic E-state index is 0.0978. The summed E-state index contributed by atoms with van der Waals surface area (Å²) in [7, 11) is 0. The molecule has 0 fully saturated rings. The first-order valence-corrected chi connectivity index (χ1v) is 13.2. The molecule has 178 valence electrons. The summed E-state index contributed by atoms with van der Waals surface area (Å²) in [6.45, 7) is 4.65. The number of hydrogen-bond donors (Lipinski definition) is 0. The van der Waals surface area contributed by atoms with E-state index >= 15 is 0 Å². The van der Waals surface area contributed by atoms with Gasteiger partial charge in [-0.05, 0) is 94.6 Å². The molecular formula is C34H27N3. The van der Waals surface area contributed by atoms with Crippen LogP contribution >= 0.6 is 0 Å². The molecule has 37 heavy (non-hydrogen) atoms. The molecule has 0 saturated heterocycles. The van der Waals surface area contributed by atoms with E-state index in [1.54, 1.807) is 0 Å². The summed E-state index contributed by atoms with van der Waals surface area (Å²) in [5.41, 5.74) is 16.5. The third kappa shape index (κ3) is 2.74. The third-order valence-corrected chi connectivity index (χ3v) is 8.53. The molecule has 0 spiro atoms. The standard InChI is InChI=1S/C34H27N3/c1-21-28-19-23-11-6-8-15-26(23)31(28)32-27-16-9-7-12-24(27)20-29(32)33(21)37-22(2)36(25-13-4-3-5-14-25)30-17-10-18-35-34(30)37/h3-18,22H,19-20H2,1-2H3/t22-/m0/s1. The normalized spacial score (nSPS) is 16.3. The van der Waals surface area contributed by atoms with Crippen molar-refractivity contribution in [3.05, 3.63) is 125 Å². The van der Waals surface area contributed by atoms with Crippen LogP contribution in [0.3, 0.4) is 0 Å². The van der Waals surface area contributed by atoms with Gasteiger partial charge in [-0.3, -0.25) is 0 Å². The van der Waals surface area contributed by atoms with E-state index in [9.17, 15) is 0 Å². The van der Waals surface area contributed by atoms with Crippen molar-refractivity contribution >= 4 is 22.9 Å². The summed E-state index contributed by atoms with van der Waals surface area (Å²) in [4.78, 5) is 9.91. The SMILES string of the molecule is Cc1c2c(c3c(c1N1c4ncccc4N(c4ccccc4)[C@@H]1C)Cc1ccccc1-3)-c1ccccc1C2. The lowest BCUT2D eigenvalue weighted by Gasteiger charge is -2.33. The Bertz CT molecular complexity index is 1720. The van der Waals surface area contributed by atoms with Crippen LogP contribution in [0.15, 0.2) is 97.2 Å². The Morgan fingerprint density at radius 2 is 1.30 bits per heavy atom. The van der Waals surface area contributed by atoms with Gasteiger partial charge in [-0.25, -0.2) is 4.98 Å². The van der Waals surface area contributed by atoms with Crippen molar-refractivity contribution in [2.75, 3.05) is 9.80 Å². The molecule has 3 nitrogen and oxygen atoms in total. The second-order valence-corrected chi connectivity index (χ2v) is 10.4. The van der Waals surface area contributed by atoms with E-state index in [1.807, 2.05) is 6.20 Å². The summed E-state index contributed by atoms with van der Waals surface area (Å²) in [5, 5.41) is 0. The zero-order chi connectivity index (χ0) is 24.7. The minimum absolute atomic E-state index is 0.0978. The van der Waals surface area contributed by atoms with Gasteiger partial charge >= 0.3 is 0 Å². The first kappa shape index (κ1) is 20.8. The maximum Gasteiger partial charge on any atom is 0.158 e. The van der Waals surface area contributed by atoms with Crippen LogP contribution in [-0.2, 0) is 12.8 Å². The van der Waals surface area contributed by atoms with E-state index < -0.39 is 0 Å². The van der Waals surface area contributed by atoms with Gasteiger partial charge in [-0.15, -0.1) is 0 Å². The van der Waals surface area contributed by atoms with E-state index in [1.165, 1.54) is 61.4 Å². The molecule has 2 heterocycles. The monoisotopic (exact) mass is 477 g/mol. The first-order valence-electron chi connectivity index (χ1n) is 13.2. The fourth-order valence-corrected chi connectivity index (χ4v) is 7.00. The zero-order valence-electron chi connectivity index (χ0n) is 21.1. The average Bonchev–Trinajstić information content (AvgIpc) is 3.59. The molecule has 3 aliphatic rings. The summed E-state index contributed by atoms with van der Waals surface area (Å²) in [6, 6.07) is 32.9. The fourth-order valence-electron chi connectivity index (χ4n) is 7.00. The molecule has 0 saturated carbocycles. The minimum Gasteiger partial charge on any atom is -0.317 e. The van der Waals surface area contributed by atoms with Crippen molar-refractivity contribution in [1.82, 2.24) is 4.98 Å². The van der Waals surface area contributed by atoms with Crippen LogP contribution in [0.2, 0.25) is 0 Å². The van der Waals surface area contributed by atoms with Crippen LogP contribution in [0, 0.1) is 6.92 Å².